The molecular weight excluding hydrogens is 406 g/mol. The fraction of sp³-hybridized carbons (Fsp3) is 0.800. The van der Waals surface area contributed by atoms with Gasteiger partial charge in [0, 0.05) is 19.5 Å². The van der Waals surface area contributed by atoms with Crippen LogP contribution < -0.4 is 10.6 Å². The summed E-state index contributed by atoms with van der Waals surface area (Å²) in [6.45, 7) is 7.82. The SMILES string of the molecule is C#CC(CC(=O)OCCCC(C)C)NC(=O)[C@@H]1CCCN(C(=O)CCC2CCNCC2)C1. The number of carbonyl (C=O) groups excluding carboxylic acids is 3. The highest BCUT2D eigenvalue weighted by atomic mass is 16.5. The minimum absolute atomic E-state index is 0.0322. The average Bonchev–Trinajstić information content (AvgIpc) is 2.80. The average molecular weight is 448 g/mol. The molecule has 0 aromatic rings. The predicted molar refractivity (Wildman–Crippen MR) is 125 cm³/mol. The molecule has 180 valence electrons. The Morgan fingerprint density at radius 3 is 2.66 bits per heavy atom. The van der Waals surface area contributed by atoms with Gasteiger partial charge in [0.2, 0.25) is 11.8 Å². The maximum absolute atomic E-state index is 12.8. The Morgan fingerprint density at radius 2 is 1.97 bits per heavy atom. The van der Waals surface area contributed by atoms with E-state index in [0.29, 0.717) is 38.0 Å². The van der Waals surface area contributed by atoms with Crippen molar-refractivity contribution in [3.8, 4) is 12.3 Å². The highest BCUT2D eigenvalue weighted by molar-refractivity contribution is 5.82. The van der Waals surface area contributed by atoms with Crippen molar-refractivity contribution < 1.29 is 19.1 Å². The lowest BCUT2D eigenvalue weighted by Crippen LogP contribution is -2.47. The van der Waals surface area contributed by atoms with E-state index >= 15 is 0 Å². The van der Waals surface area contributed by atoms with E-state index in [4.69, 9.17) is 11.2 Å². The number of terminal acetylenes is 1. The largest absolute Gasteiger partial charge is 0.466 e. The molecule has 0 bridgehead atoms. The van der Waals surface area contributed by atoms with Crippen LogP contribution in [0.25, 0.3) is 0 Å². The Balaban J connectivity index is 1.72. The minimum atomic E-state index is -0.689. The maximum Gasteiger partial charge on any atom is 0.308 e. The number of amides is 2. The fourth-order valence-corrected chi connectivity index (χ4v) is 4.42. The number of nitrogens with zero attached hydrogens (tertiary/aromatic N) is 1. The molecule has 2 amide bonds. The van der Waals surface area contributed by atoms with Gasteiger partial charge in [0.25, 0.3) is 0 Å². The number of likely N-dealkylation sites (tertiary alicyclic amines) is 1. The van der Waals surface area contributed by atoms with Crippen LogP contribution in [-0.4, -0.2) is 61.5 Å². The molecule has 2 saturated heterocycles. The van der Waals surface area contributed by atoms with Gasteiger partial charge in [-0.05, 0) is 69.9 Å². The first-order chi connectivity index (χ1) is 15.4. The summed E-state index contributed by atoms with van der Waals surface area (Å²) in [5.74, 6) is 2.94. The van der Waals surface area contributed by atoms with Crippen molar-refractivity contribution in [2.75, 3.05) is 32.8 Å². The molecule has 32 heavy (non-hydrogen) atoms. The first-order valence-corrected chi connectivity index (χ1v) is 12.3. The van der Waals surface area contributed by atoms with E-state index in [2.05, 4.69) is 30.4 Å². The summed E-state index contributed by atoms with van der Waals surface area (Å²) in [4.78, 5) is 39.3. The molecule has 2 aliphatic heterocycles. The van der Waals surface area contributed by atoms with Crippen LogP contribution in [0.4, 0.5) is 0 Å². The molecule has 0 aliphatic carbocycles. The highest BCUT2D eigenvalue weighted by Gasteiger charge is 2.30. The lowest BCUT2D eigenvalue weighted by atomic mass is 9.92. The molecule has 7 heteroatoms. The summed E-state index contributed by atoms with van der Waals surface area (Å²) in [7, 11) is 0. The molecule has 0 aromatic heterocycles. The Bertz CT molecular complexity index is 652. The third-order valence-electron chi connectivity index (χ3n) is 6.45. The van der Waals surface area contributed by atoms with Gasteiger partial charge in [0.15, 0.2) is 0 Å². The topological polar surface area (TPSA) is 87.7 Å². The summed E-state index contributed by atoms with van der Waals surface area (Å²) in [6.07, 6.45) is 12.6. The number of nitrogens with one attached hydrogen (secondary N) is 2. The zero-order valence-electron chi connectivity index (χ0n) is 19.9. The van der Waals surface area contributed by atoms with Gasteiger partial charge in [-0.3, -0.25) is 14.4 Å². The Morgan fingerprint density at radius 1 is 1.22 bits per heavy atom. The van der Waals surface area contributed by atoms with E-state index in [1.54, 1.807) is 0 Å². The van der Waals surface area contributed by atoms with Crippen LogP contribution in [0.2, 0.25) is 0 Å². The molecule has 2 heterocycles. The number of ether oxygens (including phenoxy) is 1. The smallest absolute Gasteiger partial charge is 0.308 e. The normalized spacial score (nSPS) is 20.4. The molecule has 2 N–H and O–H groups in total. The van der Waals surface area contributed by atoms with Gasteiger partial charge in [0.1, 0.15) is 6.04 Å². The van der Waals surface area contributed by atoms with Crippen molar-refractivity contribution in [2.45, 2.75) is 77.7 Å². The van der Waals surface area contributed by atoms with Crippen LogP contribution in [0.3, 0.4) is 0 Å². The van der Waals surface area contributed by atoms with Crippen molar-refractivity contribution >= 4 is 17.8 Å². The third kappa shape index (κ3) is 9.60. The number of hydrogen-bond donors (Lipinski definition) is 2. The third-order valence-corrected chi connectivity index (χ3v) is 6.45. The molecule has 0 saturated carbocycles. The molecule has 2 aliphatic rings. The van der Waals surface area contributed by atoms with Crippen molar-refractivity contribution in [1.82, 2.24) is 15.5 Å². The lowest BCUT2D eigenvalue weighted by Gasteiger charge is -2.33. The van der Waals surface area contributed by atoms with Crippen LogP contribution in [-0.2, 0) is 19.1 Å². The van der Waals surface area contributed by atoms with E-state index in [1.165, 1.54) is 0 Å². The first-order valence-electron chi connectivity index (χ1n) is 12.3. The van der Waals surface area contributed by atoms with Crippen molar-refractivity contribution in [2.24, 2.45) is 17.8 Å². The molecule has 2 rings (SSSR count). The highest BCUT2D eigenvalue weighted by Crippen LogP contribution is 2.21. The molecule has 0 spiro atoms. The monoisotopic (exact) mass is 447 g/mol. The second kappa shape index (κ2) is 14.2. The van der Waals surface area contributed by atoms with Crippen molar-refractivity contribution in [3.63, 3.8) is 0 Å². The first kappa shape index (κ1) is 26.2. The standard InChI is InChI=1S/C25H41N3O4/c1-4-22(17-24(30)32-16-6-7-19(2)3)27-25(31)21-8-5-15-28(18-21)23(29)10-9-20-11-13-26-14-12-20/h1,19-22,26H,5-18H2,2-3H3,(H,27,31)/t21-,22?/m1/s1. The molecule has 2 atom stereocenters. The molecular formula is C25H41N3O4. The number of carbonyl (C=O) groups is 3. The number of esters is 1. The van der Waals surface area contributed by atoms with Crippen molar-refractivity contribution in [3.05, 3.63) is 0 Å². The van der Waals surface area contributed by atoms with E-state index in [1.807, 2.05) is 4.90 Å². The summed E-state index contributed by atoms with van der Waals surface area (Å²) in [6, 6.07) is -0.689. The molecule has 2 fully saturated rings. The van der Waals surface area contributed by atoms with Gasteiger partial charge in [0.05, 0.1) is 18.9 Å². The molecule has 0 aromatic carbocycles. The maximum atomic E-state index is 12.8. The van der Waals surface area contributed by atoms with Gasteiger partial charge in [-0.25, -0.2) is 0 Å². The van der Waals surface area contributed by atoms with Crippen LogP contribution in [0.1, 0.15) is 71.6 Å². The Labute approximate surface area is 193 Å². The molecule has 1 unspecified atom stereocenters. The van der Waals surface area contributed by atoms with Crippen LogP contribution in [0, 0.1) is 30.1 Å². The van der Waals surface area contributed by atoms with Gasteiger partial charge < -0.3 is 20.3 Å². The van der Waals surface area contributed by atoms with Gasteiger partial charge in [-0.15, -0.1) is 6.42 Å². The minimum Gasteiger partial charge on any atom is -0.466 e. The van der Waals surface area contributed by atoms with Crippen LogP contribution in [0.15, 0.2) is 0 Å². The summed E-state index contributed by atoms with van der Waals surface area (Å²) >= 11 is 0. The quantitative estimate of drug-likeness (QED) is 0.289. The predicted octanol–water partition coefficient (Wildman–Crippen LogP) is 2.49. The lowest BCUT2D eigenvalue weighted by molar-refractivity contribution is -0.144. The summed E-state index contributed by atoms with van der Waals surface area (Å²) in [5.41, 5.74) is 0. The summed E-state index contributed by atoms with van der Waals surface area (Å²) < 4.78 is 5.23. The number of hydrogen-bond acceptors (Lipinski definition) is 5. The van der Waals surface area contributed by atoms with Gasteiger partial charge in [-0.2, -0.15) is 0 Å². The Hall–Kier alpha value is -2.07. The number of rotatable bonds is 11. The van der Waals surface area contributed by atoms with Crippen LogP contribution >= 0.6 is 0 Å². The van der Waals surface area contributed by atoms with Gasteiger partial charge in [-0.1, -0.05) is 19.8 Å². The van der Waals surface area contributed by atoms with Crippen molar-refractivity contribution in [1.29, 1.82) is 0 Å². The van der Waals surface area contributed by atoms with E-state index in [9.17, 15) is 14.4 Å². The van der Waals surface area contributed by atoms with E-state index in [-0.39, 0.29) is 24.2 Å². The summed E-state index contributed by atoms with van der Waals surface area (Å²) in [5, 5.41) is 6.15. The zero-order valence-corrected chi connectivity index (χ0v) is 19.9. The molecule has 7 nitrogen and oxygen atoms in total. The fourth-order valence-electron chi connectivity index (χ4n) is 4.42. The van der Waals surface area contributed by atoms with Crippen LogP contribution in [0.5, 0.6) is 0 Å². The van der Waals surface area contributed by atoms with E-state index < -0.39 is 12.0 Å². The molecule has 0 radical (unpaired) electrons. The zero-order chi connectivity index (χ0) is 23.3. The van der Waals surface area contributed by atoms with E-state index in [0.717, 1.165) is 58.0 Å². The second-order valence-corrected chi connectivity index (χ2v) is 9.60. The van der Waals surface area contributed by atoms with Gasteiger partial charge >= 0.3 is 5.97 Å². The number of piperidine rings is 2. The Kier molecular flexibility index (Phi) is 11.6. The second-order valence-electron chi connectivity index (χ2n) is 9.60.